The second-order valence-electron chi connectivity index (χ2n) is 5.33. The van der Waals surface area contributed by atoms with Gasteiger partial charge in [-0.25, -0.2) is 12.8 Å². The van der Waals surface area contributed by atoms with Crippen LogP contribution in [0.4, 0.5) is 15.8 Å². The Labute approximate surface area is 155 Å². The van der Waals surface area contributed by atoms with Crippen molar-refractivity contribution in [3.8, 4) is 0 Å². The minimum absolute atomic E-state index is 0.150. The molecule has 0 aliphatic rings. The summed E-state index contributed by atoms with van der Waals surface area (Å²) >= 11 is 11.5. The van der Waals surface area contributed by atoms with Crippen LogP contribution in [0.5, 0.6) is 0 Å². The summed E-state index contributed by atoms with van der Waals surface area (Å²) in [7, 11) is -3.74. The van der Waals surface area contributed by atoms with Crippen LogP contribution in [0.15, 0.2) is 42.5 Å². The predicted molar refractivity (Wildman–Crippen MR) is 98.3 cm³/mol. The van der Waals surface area contributed by atoms with Crippen LogP contribution in [-0.2, 0) is 14.8 Å². The second kappa shape index (κ2) is 7.59. The van der Waals surface area contributed by atoms with Crippen molar-refractivity contribution in [1.29, 1.82) is 0 Å². The lowest BCUT2D eigenvalue weighted by atomic mass is 10.2. The Morgan fingerprint density at radius 3 is 2.28 bits per heavy atom. The molecule has 0 fully saturated rings. The number of benzene rings is 2. The number of hydrogen-bond acceptors (Lipinski definition) is 3. The van der Waals surface area contributed by atoms with E-state index in [9.17, 15) is 17.6 Å². The molecule has 0 heterocycles. The van der Waals surface area contributed by atoms with Crippen molar-refractivity contribution in [3.05, 3.63) is 58.3 Å². The van der Waals surface area contributed by atoms with Crippen molar-refractivity contribution >= 4 is 50.5 Å². The first-order valence-electron chi connectivity index (χ1n) is 7.10. The van der Waals surface area contributed by atoms with E-state index >= 15 is 0 Å². The number of hydrogen-bond donors (Lipinski definition) is 1. The van der Waals surface area contributed by atoms with Crippen LogP contribution in [0.3, 0.4) is 0 Å². The number of nitrogens with one attached hydrogen (secondary N) is 1. The standard InChI is InChI=1S/C16H15Cl2FN2O3S/c1-10(16(22)20-12-5-8-15(19)14(18)9-12)21(25(2,23)24)13-6-3-11(17)4-7-13/h3-10H,1-2H3,(H,20,22)/t10-/m1/s1. The minimum Gasteiger partial charge on any atom is -0.324 e. The largest absolute Gasteiger partial charge is 0.324 e. The van der Waals surface area contributed by atoms with E-state index in [-0.39, 0.29) is 10.7 Å². The maximum absolute atomic E-state index is 13.2. The van der Waals surface area contributed by atoms with Crippen molar-refractivity contribution in [1.82, 2.24) is 0 Å². The molecule has 1 amide bonds. The molecule has 25 heavy (non-hydrogen) atoms. The van der Waals surface area contributed by atoms with E-state index in [1.165, 1.54) is 43.3 Å². The number of anilines is 2. The molecule has 1 N–H and O–H groups in total. The number of halogens is 3. The SMILES string of the molecule is C[C@H](C(=O)Nc1ccc(F)c(Cl)c1)N(c1ccc(Cl)cc1)S(C)(=O)=O. The maximum atomic E-state index is 13.2. The first-order valence-corrected chi connectivity index (χ1v) is 9.71. The molecule has 0 aliphatic heterocycles. The first-order chi connectivity index (χ1) is 11.6. The van der Waals surface area contributed by atoms with Crippen molar-refractivity contribution < 1.29 is 17.6 Å². The molecule has 1 atom stereocenters. The molecular formula is C16H15Cl2FN2O3S. The van der Waals surface area contributed by atoms with E-state index in [2.05, 4.69) is 5.32 Å². The Balaban J connectivity index is 2.29. The monoisotopic (exact) mass is 404 g/mol. The smallest absolute Gasteiger partial charge is 0.247 e. The van der Waals surface area contributed by atoms with E-state index in [4.69, 9.17) is 23.2 Å². The fourth-order valence-corrected chi connectivity index (χ4v) is 3.70. The average molecular weight is 405 g/mol. The number of nitrogens with zero attached hydrogens (tertiary/aromatic N) is 1. The van der Waals surface area contributed by atoms with Gasteiger partial charge in [0.2, 0.25) is 15.9 Å². The third-order valence-electron chi connectivity index (χ3n) is 3.36. The van der Waals surface area contributed by atoms with Crippen molar-refractivity contribution in [2.45, 2.75) is 13.0 Å². The van der Waals surface area contributed by atoms with Crippen LogP contribution >= 0.6 is 23.2 Å². The minimum atomic E-state index is -3.74. The van der Waals surface area contributed by atoms with Gasteiger partial charge in [0.1, 0.15) is 11.9 Å². The Kier molecular flexibility index (Phi) is 5.92. The van der Waals surface area contributed by atoms with Gasteiger partial charge < -0.3 is 5.32 Å². The number of rotatable bonds is 5. The highest BCUT2D eigenvalue weighted by Crippen LogP contribution is 2.24. The van der Waals surface area contributed by atoms with Gasteiger partial charge in [0.15, 0.2) is 0 Å². The van der Waals surface area contributed by atoms with Gasteiger partial charge in [-0.15, -0.1) is 0 Å². The molecule has 2 aromatic rings. The van der Waals surface area contributed by atoms with E-state index in [1.54, 1.807) is 0 Å². The Bertz CT molecular complexity index is 889. The molecule has 2 aromatic carbocycles. The lowest BCUT2D eigenvalue weighted by Gasteiger charge is -2.28. The first kappa shape index (κ1) is 19.5. The van der Waals surface area contributed by atoms with Gasteiger partial charge in [0, 0.05) is 10.7 Å². The van der Waals surface area contributed by atoms with Crippen LogP contribution < -0.4 is 9.62 Å². The summed E-state index contributed by atoms with van der Waals surface area (Å²) in [5, 5.41) is 2.81. The van der Waals surface area contributed by atoms with Crippen LogP contribution in [0.25, 0.3) is 0 Å². The van der Waals surface area contributed by atoms with E-state index in [0.29, 0.717) is 10.7 Å². The summed E-state index contributed by atoms with van der Waals surface area (Å²) in [5.74, 6) is -1.21. The molecule has 2 rings (SSSR count). The average Bonchev–Trinajstić information content (AvgIpc) is 2.51. The summed E-state index contributed by atoms with van der Waals surface area (Å²) in [6.07, 6.45) is 1.00. The van der Waals surface area contributed by atoms with E-state index in [1.807, 2.05) is 0 Å². The van der Waals surface area contributed by atoms with Crippen LogP contribution in [0.1, 0.15) is 6.92 Å². The Hall–Kier alpha value is -1.83. The molecular weight excluding hydrogens is 390 g/mol. The van der Waals surface area contributed by atoms with Crippen molar-refractivity contribution in [2.24, 2.45) is 0 Å². The topological polar surface area (TPSA) is 66.5 Å². The van der Waals surface area contributed by atoms with E-state index < -0.39 is 27.8 Å². The van der Waals surface area contributed by atoms with Gasteiger partial charge in [0.05, 0.1) is 17.0 Å². The summed E-state index contributed by atoms with van der Waals surface area (Å²) < 4.78 is 38.5. The molecule has 0 saturated heterocycles. The number of carbonyl (C=O) groups excluding carboxylic acids is 1. The van der Waals surface area contributed by atoms with Gasteiger partial charge in [-0.2, -0.15) is 0 Å². The highest BCUT2D eigenvalue weighted by atomic mass is 35.5. The normalized spacial score (nSPS) is 12.5. The zero-order chi connectivity index (χ0) is 18.8. The highest BCUT2D eigenvalue weighted by Gasteiger charge is 2.29. The van der Waals surface area contributed by atoms with Gasteiger partial charge in [-0.1, -0.05) is 23.2 Å². The Morgan fingerprint density at radius 1 is 1.16 bits per heavy atom. The lowest BCUT2D eigenvalue weighted by Crippen LogP contribution is -2.45. The van der Waals surface area contributed by atoms with Crippen molar-refractivity contribution in [2.75, 3.05) is 15.9 Å². The number of amides is 1. The molecule has 9 heteroatoms. The molecule has 0 saturated carbocycles. The number of sulfonamides is 1. The van der Waals surface area contributed by atoms with Gasteiger partial charge in [0.25, 0.3) is 0 Å². The quantitative estimate of drug-likeness (QED) is 0.820. The fourth-order valence-electron chi connectivity index (χ4n) is 2.22. The zero-order valence-corrected chi connectivity index (χ0v) is 15.7. The second-order valence-corrected chi connectivity index (χ2v) is 8.03. The Morgan fingerprint density at radius 2 is 1.76 bits per heavy atom. The summed E-state index contributed by atoms with van der Waals surface area (Å²) in [6.45, 7) is 1.44. The summed E-state index contributed by atoms with van der Waals surface area (Å²) in [4.78, 5) is 12.5. The highest BCUT2D eigenvalue weighted by molar-refractivity contribution is 7.92. The summed E-state index contributed by atoms with van der Waals surface area (Å²) in [6, 6.07) is 8.69. The molecule has 0 unspecified atom stereocenters. The third-order valence-corrected chi connectivity index (χ3v) is 5.14. The third kappa shape index (κ3) is 4.84. The number of carbonyl (C=O) groups is 1. The molecule has 5 nitrogen and oxygen atoms in total. The molecule has 0 bridgehead atoms. The van der Waals surface area contributed by atoms with Crippen molar-refractivity contribution in [3.63, 3.8) is 0 Å². The van der Waals surface area contributed by atoms with Gasteiger partial charge >= 0.3 is 0 Å². The lowest BCUT2D eigenvalue weighted by molar-refractivity contribution is -0.116. The fraction of sp³-hybridized carbons (Fsp3) is 0.188. The summed E-state index contributed by atoms with van der Waals surface area (Å²) in [5.41, 5.74) is 0.555. The molecule has 134 valence electrons. The zero-order valence-electron chi connectivity index (χ0n) is 13.3. The van der Waals surface area contributed by atoms with Crippen LogP contribution in [0.2, 0.25) is 10.0 Å². The molecule has 0 spiro atoms. The van der Waals surface area contributed by atoms with Gasteiger partial charge in [-0.3, -0.25) is 9.10 Å². The van der Waals surface area contributed by atoms with Crippen LogP contribution in [-0.4, -0.2) is 26.6 Å². The molecule has 0 aliphatic carbocycles. The van der Waals surface area contributed by atoms with Crippen LogP contribution in [0, 0.1) is 5.82 Å². The maximum Gasteiger partial charge on any atom is 0.247 e. The molecule has 0 aromatic heterocycles. The van der Waals surface area contributed by atoms with E-state index in [0.717, 1.165) is 16.6 Å². The van der Waals surface area contributed by atoms with Gasteiger partial charge in [-0.05, 0) is 49.4 Å². The predicted octanol–water partition coefficient (Wildman–Crippen LogP) is 3.93. The molecule has 0 radical (unpaired) electrons.